The van der Waals surface area contributed by atoms with Crippen LogP contribution in [0.15, 0.2) is 34.7 Å². The molecule has 2 amide bonds. The van der Waals surface area contributed by atoms with Crippen LogP contribution < -0.4 is 11.5 Å². The maximum absolute atomic E-state index is 11.3. The fourth-order valence-corrected chi connectivity index (χ4v) is 4.09. The second-order valence-corrected chi connectivity index (χ2v) is 8.27. The fraction of sp³-hybridized carbons (Fsp3) is 0.542. The number of rotatable bonds is 9. The molecule has 1 aliphatic carbocycles. The van der Waals surface area contributed by atoms with E-state index in [1.165, 1.54) is 32.1 Å². The summed E-state index contributed by atoms with van der Waals surface area (Å²) >= 11 is 0. The summed E-state index contributed by atoms with van der Waals surface area (Å²) in [6.45, 7) is 1.79. The molecular weight excluding hydrogens is 394 g/mol. The first-order valence-corrected chi connectivity index (χ1v) is 11.1. The van der Waals surface area contributed by atoms with Gasteiger partial charge in [0.05, 0.1) is 6.61 Å². The molecule has 5 N–H and O–H groups in total. The van der Waals surface area contributed by atoms with Gasteiger partial charge in [0.25, 0.3) is 5.91 Å². The number of oxazole rings is 1. The Morgan fingerprint density at radius 2 is 1.84 bits per heavy atom. The van der Waals surface area contributed by atoms with Crippen LogP contribution in [0, 0.1) is 12.8 Å². The number of hydrogen-bond acceptors (Lipinski definition) is 5. The average Bonchev–Trinajstić information content (AvgIpc) is 3.16. The molecule has 0 radical (unpaired) electrons. The summed E-state index contributed by atoms with van der Waals surface area (Å²) in [5.74, 6) is 0.419. The standard InChI is InChI=1S/C17H27N3O3.C7H8O/c1-11-15(16(19)22)20-17(23-11)13(10-14(18)21)9-5-8-12-6-3-2-4-7-12;8-6-7-4-2-1-3-5-7/h12-13H,2-10H2,1H3,(H2,18,21)(H2,19,22);1-5,8H,6H2. The third-order valence-corrected chi connectivity index (χ3v) is 5.76. The van der Waals surface area contributed by atoms with Gasteiger partial charge in [-0.1, -0.05) is 75.3 Å². The number of amides is 2. The molecule has 1 saturated carbocycles. The first-order valence-electron chi connectivity index (χ1n) is 11.1. The Balaban J connectivity index is 0.000000357. The maximum atomic E-state index is 11.3. The number of aromatic nitrogens is 1. The van der Waals surface area contributed by atoms with Gasteiger partial charge >= 0.3 is 0 Å². The number of carbonyl (C=O) groups excluding carboxylic acids is 2. The van der Waals surface area contributed by atoms with Crippen molar-refractivity contribution in [3.05, 3.63) is 53.2 Å². The Bertz CT molecular complexity index is 813. The highest BCUT2D eigenvalue weighted by molar-refractivity contribution is 5.91. The lowest BCUT2D eigenvalue weighted by molar-refractivity contribution is -0.118. The van der Waals surface area contributed by atoms with Crippen LogP contribution >= 0.6 is 0 Å². The number of nitrogens with zero attached hydrogens (tertiary/aromatic N) is 1. The van der Waals surface area contributed by atoms with Crippen LogP contribution in [-0.2, 0) is 11.4 Å². The van der Waals surface area contributed by atoms with E-state index >= 15 is 0 Å². The van der Waals surface area contributed by atoms with Crippen molar-refractivity contribution in [3.63, 3.8) is 0 Å². The normalized spacial score (nSPS) is 15.0. The van der Waals surface area contributed by atoms with Gasteiger partial charge in [0.1, 0.15) is 5.76 Å². The molecular formula is C24H35N3O4. The molecule has 31 heavy (non-hydrogen) atoms. The Morgan fingerprint density at radius 3 is 2.35 bits per heavy atom. The number of aryl methyl sites for hydroxylation is 1. The molecule has 1 aliphatic rings. The first kappa shape index (κ1) is 24.6. The summed E-state index contributed by atoms with van der Waals surface area (Å²) in [7, 11) is 0. The van der Waals surface area contributed by atoms with Crippen LogP contribution in [0.5, 0.6) is 0 Å². The van der Waals surface area contributed by atoms with Gasteiger partial charge in [-0.25, -0.2) is 4.98 Å². The molecule has 0 bridgehead atoms. The molecule has 0 spiro atoms. The summed E-state index contributed by atoms with van der Waals surface area (Å²) in [5, 5.41) is 8.54. The lowest BCUT2D eigenvalue weighted by Gasteiger charge is -2.22. The summed E-state index contributed by atoms with van der Waals surface area (Å²) in [6.07, 6.45) is 9.78. The molecule has 1 atom stereocenters. The number of aliphatic hydroxyl groups excluding tert-OH is 1. The van der Waals surface area contributed by atoms with Crippen LogP contribution in [-0.4, -0.2) is 21.9 Å². The van der Waals surface area contributed by atoms with E-state index in [9.17, 15) is 9.59 Å². The van der Waals surface area contributed by atoms with Gasteiger partial charge < -0.3 is 21.0 Å². The first-order chi connectivity index (χ1) is 14.9. The molecule has 3 rings (SSSR count). The van der Waals surface area contributed by atoms with Crippen molar-refractivity contribution in [1.29, 1.82) is 0 Å². The van der Waals surface area contributed by atoms with E-state index in [2.05, 4.69) is 4.98 Å². The number of benzene rings is 1. The van der Waals surface area contributed by atoms with Crippen molar-refractivity contribution in [1.82, 2.24) is 4.98 Å². The lowest BCUT2D eigenvalue weighted by atomic mass is 9.84. The minimum Gasteiger partial charge on any atom is -0.445 e. The molecule has 1 heterocycles. The summed E-state index contributed by atoms with van der Waals surface area (Å²) < 4.78 is 5.56. The molecule has 1 unspecified atom stereocenters. The predicted molar refractivity (Wildman–Crippen MR) is 119 cm³/mol. The highest BCUT2D eigenvalue weighted by Crippen LogP contribution is 2.31. The Labute approximate surface area is 184 Å². The van der Waals surface area contributed by atoms with Crippen molar-refractivity contribution in [2.45, 2.75) is 77.2 Å². The van der Waals surface area contributed by atoms with Crippen molar-refractivity contribution in [2.75, 3.05) is 0 Å². The van der Waals surface area contributed by atoms with Crippen molar-refractivity contribution in [3.8, 4) is 0 Å². The van der Waals surface area contributed by atoms with Gasteiger partial charge in [-0.3, -0.25) is 9.59 Å². The maximum Gasteiger partial charge on any atom is 0.270 e. The molecule has 170 valence electrons. The molecule has 1 aromatic heterocycles. The van der Waals surface area contributed by atoms with Crippen LogP contribution in [0.1, 0.15) is 91.4 Å². The number of hydrogen-bond donors (Lipinski definition) is 3. The molecule has 1 aromatic carbocycles. The predicted octanol–water partition coefficient (Wildman–Crippen LogP) is 3.97. The largest absolute Gasteiger partial charge is 0.445 e. The third kappa shape index (κ3) is 8.53. The van der Waals surface area contributed by atoms with E-state index in [1.807, 2.05) is 30.3 Å². The zero-order valence-corrected chi connectivity index (χ0v) is 18.4. The molecule has 0 saturated heterocycles. The number of aliphatic hydroxyl groups is 1. The Morgan fingerprint density at radius 1 is 1.16 bits per heavy atom. The minimum atomic E-state index is -0.613. The zero-order valence-electron chi connectivity index (χ0n) is 18.4. The quantitative estimate of drug-likeness (QED) is 0.555. The van der Waals surface area contributed by atoms with Gasteiger partial charge in [-0.2, -0.15) is 0 Å². The van der Waals surface area contributed by atoms with E-state index in [0.717, 1.165) is 30.7 Å². The smallest absolute Gasteiger partial charge is 0.270 e. The van der Waals surface area contributed by atoms with Gasteiger partial charge in [-0.15, -0.1) is 0 Å². The zero-order chi connectivity index (χ0) is 22.6. The Hall–Kier alpha value is -2.67. The van der Waals surface area contributed by atoms with Crippen LogP contribution in [0.25, 0.3) is 0 Å². The molecule has 7 nitrogen and oxygen atoms in total. The second-order valence-electron chi connectivity index (χ2n) is 8.27. The third-order valence-electron chi connectivity index (χ3n) is 5.76. The van der Waals surface area contributed by atoms with Crippen molar-refractivity contribution >= 4 is 11.8 Å². The van der Waals surface area contributed by atoms with Crippen LogP contribution in [0.2, 0.25) is 0 Å². The number of carbonyl (C=O) groups is 2. The highest BCUT2D eigenvalue weighted by atomic mass is 16.4. The summed E-state index contributed by atoms with van der Waals surface area (Å²) in [4.78, 5) is 26.8. The topological polar surface area (TPSA) is 132 Å². The summed E-state index contributed by atoms with van der Waals surface area (Å²) in [6, 6.07) is 9.52. The number of primary amides is 2. The average molecular weight is 430 g/mol. The second kappa shape index (κ2) is 12.9. The molecule has 7 heteroatoms. The van der Waals surface area contributed by atoms with Gasteiger partial charge in [0.15, 0.2) is 11.6 Å². The van der Waals surface area contributed by atoms with E-state index in [4.69, 9.17) is 21.0 Å². The molecule has 1 fully saturated rings. The Kier molecular flexibility index (Phi) is 10.2. The highest BCUT2D eigenvalue weighted by Gasteiger charge is 2.24. The SMILES string of the molecule is Cc1oc(C(CCCC2CCCCC2)CC(N)=O)nc1C(N)=O.OCc1ccccc1. The van der Waals surface area contributed by atoms with E-state index in [0.29, 0.717) is 11.7 Å². The van der Waals surface area contributed by atoms with E-state index in [-0.39, 0.29) is 30.5 Å². The number of nitrogens with two attached hydrogens (primary N) is 2. The fourth-order valence-electron chi connectivity index (χ4n) is 4.09. The van der Waals surface area contributed by atoms with Crippen LogP contribution in [0.4, 0.5) is 0 Å². The van der Waals surface area contributed by atoms with Gasteiger partial charge in [0.2, 0.25) is 5.91 Å². The van der Waals surface area contributed by atoms with Gasteiger partial charge in [-0.05, 0) is 24.8 Å². The minimum absolute atomic E-state index is 0.140. The van der Waals surface area contributed by atoms with Crippen LogP contribution in [0.3, 0.4) is 0 Å². The molecule has 0 aliphatic heterocycles. The van der Waals surface area contributed by atoms with Crippen molar-refractivity contribution < 1.29 is 19.1 Å². The summed E-state index contributed by atoms with van der Waals surface area (Å²) in [5.41, 5.74) is 11.7. The van der Waals surface area contributed by atoms with Gasteiger partial charge in [0, 0.05) is 12.3 Å². The van der Waals surface area contributed by atoms with Crippen molar-refractivity contribution in [2.24, 2.45) is 17.4 Å². The molecule has 2 aromatic rings. The monoisotopic (exact) mass is 429 g/mol. The lowest BCUT2D eigenvalue weighted by Crippen LogP contribution is -2.17. The van der Waals surface area contributed by atoms with E-state index < -0.39 is 5.91 Å². The van der Waals surface area contributed by atoms with E-state index in [1.54, 1.807) is 6.92 Å².